The highest BCUT2D eigenvalue weighted by atomic mass is 19.4. The van der Waals surface area contributed by atoms with Crippen LogP contribution in [0.25, 0.3) is 0 Å². The molecule has 0 spiro atoms. The van der Waals surface area contributed by atoms with Gasteiger partial charge in [0.2, 0.25) is 0 Å². The van der Waals surface area contributed by atoms with Gasteiger partial charge in [-0.25, -0.2) is 0 Å². The lowest BCUT2D eigenvalue weighted by Crippen LogP contribution is -2.42. The van der Waals surface area contributed by atoms with Crippen LogP contribution in [0.2, 0.25) is 0 Å². The minimum absolute atomic E-state index is 0.0411. The van der Waals surface area contributed by atoms with E-state index in [1.807, 2.05) is 0 Å². The van der Waals surface area contributed by atoms with E-state index in [9.17, 15) is 22.8 Å². The van der Waals surface area contributed by atoms with E-state index in [4.69, 9.17) is 5.11 Å². The molecule has 0 aliphatic carbocycles. The highest BCUT2D eigenvalue weighted by Gasteiger charge is 2.42. The maximum Gasteiger partial charge on any atom is 0.471 e. The van der Waals surface area contributed by atoms with Crippen LogP contribution in [-0.2, 0) is 9.59 Å². The number of alkyl halides is 3. The van der Waals surface area contributed by atoms with E-state index in [1.54, 1.807) is 0 Å². The van der Waals surface area contributed by atoms with Crippen LogP contribution in [0.5, 0.6) is 0 Å². The third-order valence-electron chi connectivity index (χ3n) is 3.41. The van der Waals surface area contributed by atoms with Gasteiger partial charge < -0.3 is 10.0 Å². The summed E-state index contributed by atoms with van der Waals surface area (Å²) in [5.74, 6) is -3.16. The first-order valence-corrected chi connectivity index (χ1v) is 7.87. The standard InChI is InChI=1S/C15H26F3NO3/c1-2-3-4-5-6-7-8-9-11-19(12-10-13(20)21)14(22)15(16,17)18/h2-12H2,1H3,(H,20,21). The third-order valence-corrected chi connectivity index (χ3v) is 3.41. The fourth-order valence-electron chi connectivity index (χ4n) is 2.16. The summed E-state index contributed by atoms with van der Waals surface area (Å²) < 4.78 is 37.3. The van der Waals surface area contributed by atoms with Gasteiger partial charge in [0.05, 0.1) is 6.42 Å². The monoisotopic (exact) mass is 325 g/mol. The van der Waals surface area contributed by atoms with Crippen LogP contribution in [0.3, 0.4) is 0 Å². The Morgan fingerprint density at radius 3 is 1.86 bits per heavy atom. The highest BCUT2D eigenvalue weighted by molar-refractivity contribution is 5.82. The first-order chi connectivity index (χ1) is 10.3. The Hall–Kier alpha value is -1.27. The second kappa shape index (κ2) is 11.3. The molecule has 0 bridgehead atoms. The van der Waals surface area contributed by atoms with Crippen LogP contribution < -0.4 is 0 Å². The Morgan fingerprint density at radius 2 is 1.41 bits per heavy atom. The Kier molecular flexibility index (Phi) is 10.7. The molecule has 0 heterocycles. The molecule has 0 saturated heterocycles. The van der Waals surface area contributed by atoms with Crippen LogP contribution in [0.15, 0.2) is 0 Å². The average molecular weight is 325 g/mol. The summed E-state index contributed by atoms with van der Waals surface area (Å²) in [6.45, 7) is 1.69. The Bertz CT molecular complexity index is 332. The summed E-state index contributed by atoms with van der Waals surface area (Å²) in [5.41, 5.74) is 0. The van der Waals surface area contributed by atoms with Crippen molar-refractivity contribution >= 4 is 11.9 Å². The van der Waals surface area contributed by atoms with Crippen molar-refractivity contribution in [1.29, 1.82) is 0 Å². The molecule has 0 unspecified atom stereocenters. The van der Waals surface area contributed by atoms with Crippen molar-refractivity contribution in [3.63, 3.8) is 0 Å². The Labute approximate surface area is 129 Å². The first-order valence-electron chi connectivity index (χ1n) is 7.87. The number of rotatable bonds is 12. The van der Waals surface area contributed by atoms with Gasteiger partial charge in [-0.3, -0.25) is 9.59 Å². The number of halogens is 3. The number of aliphatic carboxylic acids is 1. The zero-order valence-corrected chi connectivity index (χ0v) is 13.1. The Morgan fingerprint density at radius 1 is 0.909 bits per heavy atom. The lowest BCUT2D eigenvalue weighted by atomic mass is 10.1. The molecule has 0 fully saturated rings. The van der Waals surface area contributed by atoms with Crippen LogP contribution in [-0.4, -0.2) is 41.1 Å². The van der Waals surface area contributed by atoms with Crippen molar-refractivity contribution in [1.82, 2.24) is 4.90 Å². The zero-order chi connectivity index (χ0) is 17.0. The quantitative estimate of drug-likeness (QED) is 0.552. The molecule has 0 atom stereocenters. The van der Waals surface area contributed by atoms with Gasteiger partial charge in [-0.1, -0.05) is 51.9 Å². The molecule has 0 radical (unpaired) electrons. The highest BCUT2D eigenvalue weighted by Crippen LogP contribution is 2.19. The van der Waals surface area contributed by atoms with Crippen molar-refractivity contribution in [3.05, 3.63) is 0 Å². The molecule has 7 heteroatoms. The number of carboxylic acids is 1. The van der Waals surface area contributed by atoms with Gasteiger partial charge in [0, 0.05) is 13.1 Å². The van der Waals surface area contributed by atoms with Crippen LogP contribution >= 0.6 is 0 Å². The summed E-state index contributed by atoms with van der Waals surface area (Å²) in [6.07, 6.45) is 2.43. The minimum Gasteiger partial charge on any atom is -0.481 e. The van der Waals surface area contributed by atoms with Gasteiger partial charge in [0.1, 0.15) is 0 Å². The number of amides is 1. The van der Waals surface area contributed by atoms with E-state index >= 15 is 0 Å². The van der Waals surface area contributed by atoms with Gasteiger partial charge in [0.15, 0.2) is 0 Å². The summed E-state index contributed by atoms with van der Waals surface area (Å²) >= 11 is 0. The molecule has 0 aromatic rings. The summed E-state index contributed by atoms with van der Waals surface area (Å²) in [4.78, 5) is 22.3. The lowest BCUT2D eigenvalue weighted by Gasteiger charge is -2.23. The van der Waals surface area contributed by atoms with Crippen molar-refractivity contribution < 1.29 is 27.9 Å². The molecular formula is C15H26F3NO3. The third kappa shape index (κ3) is 10.5. The molecule has 1 amide bonds. The molecule has 4 nitrogen and oxygen atoms in total. The van der Waals surface area contributed by atoms with E-state index in [2.05, 4.69) is 6.92 Å². The van der Waals surface area contributed by atoms with Crippen LogP contribution in [0.1, 0.15) is 64.7 Å². The summed E-state index contributed by atoms with van der Waals surface area (Å²) in [7, 11) is 0. The molecule has 0 saturated carbocycles. The van der Waals surface area contributed by atoms with Gasteiger partial charge in [-0.15, -0.1) is 0 Å². The summed E-state index contributed by atoms with van der Waals surface area (Å²) in [5, 5.41) is 8.54. The molecular weight excluding hydrogens is 299 g/mol. The van der Waals surface area contributed by atoms with E-state index in [0.717, 1.165) is 32.1 Å². The second-order valence-corrected chi connectivity index (χ2v) is 5.41. The predicted molar refractivity (Wildman–Crippen MR) is 77.5 cm³/mol. The number of carbonyl (C=O) groups excluding carboxylic acids is 1. The molecule has 0 aliphatic heterocycles. The Balaban J connectivity index is 4.03. The number of hydrogen-bond acceptors (Lipinski definition) is 2. The summed E-state index contributed by atoms with van der Waals surface area (Å²) in [6, 6.07) is 0. The number of carboxylic acid groups (broad SMARTS) is 1. The largest absolute Gasteiger partial charge is 0.481 e. The molecule has 0 aromatic carbocycles. The normalized spacial score (nSPS) is 11.5. The molecule has 22 heavy (non-hydrogen) atoms. The van der Waals surface area contributed by atoms with Crippen molar-refractivity contribution in [3.8, 4) is 0 Å². The number of unbranched alkanes of at least 4 members (excludes halogenated alkanes) is 7. The van der Waals surface area contributed by atoms with E-state index in [0.29, 0.717) is 11.3 Å². The molecule has 130 valence electrons. The van der Waals surface area contributed by atoms with Crippen molar-refractivity contribution in [2.24, 2.45) is 0 Å². The molecule has 0 aliphatic rings. The number of carbonyl (C=O) groups is 2. The molecule has 0 aromatic heterocycles. The smallest absolute Gasteiger partial charge is 0.471 e. The lowest BCUT2D eigenvalue weighted by molar-refractivity contribution is -0.185. The predicted octanol–water partition coefficient (Wildman–Crippen LogP) is 3.99. The van der Waals surface area contributed by atoms with E-state index in [1.165, 1.54) is 12.8 Å². The number of hydrogen-bond donors (Lipinski definition) is 1. The maximum atomic E-state index is 12.4. The minimum atomic E-state index is -4.95. The van der Waals surface area contributed by atoms with E-state index in [-0.39, 0.29) is 6.54 Å². The number of nitrogens with zero attached hydrogens (tertiary/aromatic N) is 1. The topological polar surface area (TPSA) is 57.6 Å². The van der Waals surface area contributed by atoms with Gasteiger partial charge >= 0.3 is 18.1 Å². The van der Waals surface area contributed by atoms with Crippen molar-refractivity contribution in [2.75, 3.05) is 13.1 Å². The second-order valence-electron chi connectivity index (χ2n) is 5.41. The van der Waals surface area contributed by atoms with Crippen molar-refractivity contribution in [2.45, 2.75) is 70.9 Å². The van der Waals surface area contributed by atoms with Gasteiger partial charge in [-0.05, 0) is 6.42 Å². The molecule has 0 rings (SSSR count). The molecule has 1 N–H and O–H groups in total. The van der Waals surface area contributed by atoms with Crippen LogP contribution in [0, 0.1) is 0 Å². The van der Waals surface area contributed by atoms with E-state index < -0.39 is 31.0 Å². The zero-order valence-electron chi connectivity index (χ0n) is 13.1. The fourth-order valence-corrected chi connectivity index (χ4v) is 2.16. The SMILES string of the molecule is CCCCCCCCCCN(CCC(=O)O)C(=O)C(F)(F)F. The van der Waals surface area contributed by atoms with Crippen LogP contribution in [0.4, 0.5) is 13.2 Å². The average Bonchev–Trinajstić information content (AvgIpc) is 2.43. The van der Waals surface area contributed by atoms with Gasteiger partial charge in [0.25, 0.3) is 0 Å². The maximum absolute atomic E-state index is 12.4. The fraction of sp³-hybridized carbons (Fsp3) is 0.867. The first kappa shape index (κ1) is 20.7. The van der Waals surface area contributed by atoms with Gasteiger partial charge in [-0.2, -0.15) is 13.2 Å².